The third-order valence-electron chi connectivity index (χ3n) is 3.65. The molecule has 0 radical (unpaired) electrons. The maximum absolute atomic E-state index is 3.42. The van der Waals surface area contributed by atoms with E-state index in [0.717, 1.165) is 0 Å². The van der Waals surface area contributed by atoms with E-state index < -0.39 is 0 Å². The van der Waals surface area contributed by atoms with Gasteiger partial charge >= 0.3 is 0 Å². The number of aryl methyl sites for hydroxylation is 3. The average molecular weight is 239 g/mol. The van der Waals surface area contributed by atoms with Crippen LogP contribution in [-0.4, -0.2) is 7.05 Å². The molecule has 94 valence electrons. The van der Waals surface area contributed by atoms with Gasteiger partial charge in [0.25, 0.3) is 0 Å². The number of nitrogens with one attached hydrogen (secondary N) is 1. The van der Waals surface area contributed by atoms with Crippen molar-refractivity contribution >= 4 is 0 Å². The van der Waals surface area contributed by atoms with E-state index in [4.69, 9.17) is 0 Å². The highest BCUT2D eigenvalue weighted by molar-refractivity contribution is 5.39. The Kier molecular flexibility index (Phi) is 3.83. The van der Waals surface area contributed by atoms with Crippen molar-refractivity contribution in [3.63, 3.8) is 0 Å². The van der Waals surface area contributed by atoms with E-state index in [0.29, 0.717) is 0 Å². The normalized spacial score (nSPS) is 12.4. The molecule has 0 spiro atoms. The summed E-state index contributed by atoms with van der Waals surface area (Å²) in [5.74, 6) is 0. The van der Waals surface area contributed by atoms with Crippen molar-refractivity contribution in [1.82, 2.24) is 5.32 Å². The van der Waals surface area contributed by atoms with Crippen LogP contribution in [0.1, 0.15) is 33.9 Å². The molecule has 0 fully saturated rings. The van der Waals surface area contributed by atoms with Crippen LogP contribution in [0.15, 0.2) is 42.5 Å². The Morgan fingerprint density at radius 2 is 1.56 bits per heavy atom. The monoisotopic (exact) mass is 239 g/mol. The zero-order valence-electron chi connectivity index (χ0n) is 11.6. The third-order valence-corrected chi connectivity index (χ3v) is 3.65. The predicted octanol–water partition coefficient (Wildman–Crippen LogP) is 3.92. The third kappa shape index (κ3) is 2.46. The van der Waals surface area contributed by atoms with E-state index in [1.807, 2.05) is 7.05 Å². The Morgan fingerprint density at radius 3 is 2.17 bits per heavy atom. The van der Waals surface area contributed by atoms with Crippen molar-refractivity contribution in [1.29, 1.82) is 0 Å². The van der Waals surface area contributed by atoms with Gasteiger partial charge in [0.15, 0.2) is 0 Å². The van der Waals surface area contributed by atoms with E-state index in [-0.39, 0.29) is 6.04 Å². The SMILES string of the molecule is CNC(c1ccc(C)c(C)c1)c1ccccc1C. The molecule has 0 aliphatic heterocycles. The highest BCUT2D eigenvalue weighted by Crippen LogP contribution is 2.25. The summed E-state index contributed by atoms with van der Waals surface area (Å²) in [4.78, 5) is 0. The van der Waals surface area contributed by atoms with Gasteiger partial charge in [-0.05, 0) is 55.6 Å². The molecule has 0 aromatic heterocycles. The highest BCUT2D eigenvalue weighted by atomic mass is 14.9. The van der Waals surface area contributed by atoms with Gasteiger partial charge in [-0.3, -0.25) is 0 Å². The lowest BCUT2D eigenvalue weighted by atomic mass is 9.93. The zero-order chi connectivity index (χ0) is 13.1. The molecule has 0 saturated heterocycles. The molecule has 2 aromatic carbocycles. The summed E-state index contributed by atoms with van der Waals surface area (Å²) < 4.78 is 0. The Balaban J connectivity index is 2.45. The molecule has 2 rings (SSSR count). The first-order valence-electron chi connectivity index (χ1n) is 6.43. The maximum Gasteiger partial charge on any atom is 0.0576 e. The molecule has 0 aliphatic carbocycles. The van der Waals surface area contributed by atoms with Crippen LogP contribution in [0.3, 0.4) is 0 Å². The molecule has 0 bridgehead atoms. The molecule has 0 amide bonds. The van der Waals surface area contributed by atoms with E-state index in [1.165, 1.54) is 27.8 Å². The number of hydrogen-bond acceptors (Lipinski definition) is 1. The Bertz CT molecular complexity index is 543. The lowest BCUT2D eigenvalue weighted by Gasteiger charge is -2.20. The Morgan fingerprint density at radius 1 is 0.833 bits per heavy atom. The second-order valence-electron chi connectivity index (χ2n) is 4.92. The van der Waals surface area contributed by atoms with E-state index >= 15 is 0 Å². The van der Waals surface area contributed by atoms with Gasteiger partial charge in [-0.2, -0.15) is 0 Å². The van der Waals surface area contributed by atoms with E-state index in [1.54, 1.807) is 0 Å². The van der Waals surface area contributed by atoms with Crippen LogP contribution in [0.5, 0.6) is 0 Å². The maximum atomic E-state index is 3.42. The molecule has 2 aromatic rings. The van der Waals surface area contributed by atoms with Crippen molar-refractivity contribution in [2.45, 2.75) is 26.8 Å². The Hall–Kier alpha value is -1.60. The van der Waals surface area contributed by atoms with Crippen molar-refractivity contribution < 1.29 is 0 Å². The lowest BCUT2D eigenvalue weighted by Crippen LogP contribution is -2.18. The summed E-state index contributed by atoms with van der Waals surface area (Å²) in [6, 6.07) is 15.5. The fraction of sp³-hybridized carbons (Fsp3) is 0.294. The zero-order valence-corrected chi connectivity index (χ0v) is 11.6. The first-order valence-corrected chi connectivity index (χ1v) is 6.43. The summed E-state index contributed by atoms with van der Waals surface area (Å²) in [7, 11) is 2.02. The number of hydrogen-bond donors (Lipinski definition) is 1. The standard InChI is InChI=1S/C17H21N/c1-12-9-10-15(11-14(12)3)17(18-4)16-8-6-5-7-13(16)2/h5-11,17-18H,1-4H3. The van der Waals surface area contributed by atoms with Gasteiger partial charge in [0.1, 0.15) is 0 Å². The van der Waals surface area contributed by atoms with Gasteiger partial charge in [0, 0.05) is 0 Å². The van der Waals surface area contributed by atoms with E-state index in [9.17, 15) is 0 Å². The smallest absolute Gasteiger partial charge is 0.0576 e. The Labute approximate surface area is 110 Å². The van der Waals surface area contributed by atoms with Crippen molar-refractivity contribution in [3.8, 4) is 0 Å². The molecule has 1 heteroatoms. The molecule has 18 heavy (non-hydrogen) atoms. The van der Waals surface area contributed by atoms with Gasteiger partial charge in [-0.25, -0.2) is 0 Å². The van der Waals surface area contributed by atoms with E-state index in [2.05, 4.69) is 68.6 Å². The van der Waals surface area contributed by atoms with Crippen LogP contribution >= 0.6 is 0 Å². The largest absolute Gasteiger partial charge is 0.309 e. The average Bonchev–Trinajstić information content (AvgIpc) is 2.37. The first-order chi connectivity index (χ1) is 8.63. The van der Waals surface area contributed by atoms with Crippen molar-refractivity contribution in [2.24, 2.45) is 0 Å². The van der Waals surface area contributed by atoms with Crippen LogP contribution in [0.25, 0.3) is 0 Å². The van der Waals surface area contributed by atoms with Gasteiger partial charge in [0.2, 0.25) is 0 Å². The first kappa shape index (κ1) is 12.8. The van der Waals surface area contributed by atoms with Crippen LogP contribution in [0, 0.1) is 20.8 Å². The predicted molar refractivity (Wildman–Crippen MR) is 78.0 cm³/mol. The molecular weight excluding hydrogens is 218 g/mol. The number of rotatable bonds is 3. The fourth-order valence-corrected chi connectivity index (χ4v) is 2.36. The van der Waals surface area contributed by atoms with Crippen LogP contribution in [-0.2, 0) is 0 Å². The molecule has 1 atom stereocenters. The van der Waals surface area contributed by atoms with Crippen molar-refractivity contribution in [2.75, 3.05) is 7.05 Å². The topological polar surface area (TPSA) is 12.0 Å². The number of benzene rings is 2. The van der Waals surface area contributed by atoms with Crippen LogP contribution in [0.4, 0.5) is 0 Å². The summed E-state index contributed by atoms with van der Waals surface area (Å²) in [6.45, 7) is 6.49. The second-order valence-corrected chi connectivity index (χ2v) is 4.92. The van der Waals surface area contributed by atoms with Gasteiger partial charge in [0.05, 0.1) is 6.04 Å². The van der Waals surface area contributed by atoms with Crippen LogP contribution in [0.2, 0.25) is 0 Å². The summed E-state index contributed by atoms with van der Waals surface area (Å²) >= 11 is 0. The minimum atomic E-state index is 0.269. The molecule has 0 saturated carbocycles. The molecule has 0 aliphatic rings. The van der Waals surface area contributed by atoms with Gasteiger partial charge < -0.3 is 5.32 Å². The van der Waals surface area contributed by atoms with Gasteiger partial charge in [-0.15, -0.1) is 0 Å². The molecule has 1 unspecified atom stereocenters. The van der Waals surface area contributed by atoms with Crippen LogP contribution < -0.4 is 5.32 Å². The van der Waals surface area contributed by atoms with Crippen molar-refractivity contribution in [3.05, 3.63) is 70.3 Å². The summed E-state index contributed by atoms with van der Waals surface area (Å²) in [5, 5.41) is 3.42. The molecular formula is C17H21N. The fourth-order valence-electron chi connectivity index (χ4n) is 2.36. The minimum absolute atomic E-state index is 0.269. The quantitative estimate of drug-likeness (QED) is 0.856. The highest BCUT2D eigenvalue weighted by Gasteiger charge is 2.13. The molecule has 0 heterocycles. The molecule has 1 N–H and O–H groups in total. The molecule has 1 nitrogen and oxygen atoms in total. The van der Waals surface area contributed by atoms with Gasteiger partial charge in [-0.1, -0.05) is 42.5 Å². The summed E-state index contributed by atoms with van der Waals surface area (Å²) in [6.07, 6.45) is 0. The lowest BCUT2D eigenvalue weighted by molar-refractivity contribution is 0.687. The second kappa shape index (κ2) is 5.36. The minimum Gasteiger partial charge on any atom is -0.309 e. The summed E-state index contributed by atoms with van der Waals surface area (Å²) in [5.41, 5.74) is 6.70.